The number of carbonyl (C=O) groups excluding carboxylic acids is 3. The molecule has 0 bridgehead atoms. The van der Waals surface area contributed by atoms with E-state index in [2.05, 4.69) is 5.32 Å². The third-order valence-electron chi connectivity index (χ3n) is 4.38. The van der Waals surface area contributed by atoms with E-state index in [-0.39, 0.29) is 17.0 Å². The molecule has 2 aromatic rings. The van der Waals surface area contributed by atoms with Crippen LogP contribution < -0.4 is 9.62 Å². The van der Waals surface area contributed by atoms with Gasteiger partial charge in [0, 0.05) is 25.2 Å². The van der Waals surface area contributed by atoms with Gasteiger partial charge in [0.25, 0.3) is 15.9 Å². The first-order valence-electron chi connectivity index (χ1n) is 8.80. The van der Waals surface area contributed by atoms with Crippen LogP contribution in [0, 0.1) is 0 Å². The molecule has 3 rings (SSSR count). The van der Waals surface area contributed by atoms with Gasteiger partial charge in [0.1, 0.15) is 0 Å². The Morgan fingerprint density at radius 2 is 1.93 bits per heavy atom. The lowest BCUT2D eigenvalue weighted by Gasteiger charge is -2.20. The van der Waals surface area contributed by atoms with Gasteiger partial charge in [-0.2, -0.15) is 0 Å². The molecule has 1 N–H and O–H groups in total. The summed E-state index contributed by atoms with van der Waals surface area (Å²) in [6.45, 7) is -0.108. The van der Waals surface area contributed by atoms with Gasteiger partial charge in [-0.1, -0.05) is 23.7 Å². The van der Waals surface area contributed by atoms with E-state index in [1.807, 2.05) is 0 Å². The maximum Gasteiger partial charge on any atom is 0.338 e. The zero-order valence-corrected chi connectivity index (χ0v) is 17.4. The number of esters is 1. The lowest BCUT2D eigenvalue weighted by Crippen LogP contribution is -2.37. The van der Waals surface area contributed by atoms with Gasteiger partial charge in [-0.3, -0.25) is 14.0 Å². The van der Waals surface area contributed by atoms with Gasteiger partial charge in [-0.25, -0.2) is 18.0 Å². The summed E-state index contributed by atoms with van der Waals surface area (Å²) in [5, 5.41) is 2.85. The Bertz CT molecular complexity index is 1100. The molecular formula is C19H18ClN3O6S. The fraction of sp³-hybridized carbons (Fsp3) is 0.211. The molecule has 1 aliphatic heterocycles. The van der Waals surface area contributed by atoms with E-state index in [9.17, 15) is 22.8 Å². The van der Waals surface area contributed by atoms with E-state index >= 15 is 0 Å². The van der Waals surface area contributed by atoms with Crippen LogP contribution >= 0.6 is 11.6 Å². The summed E-state index contributed by atoms with van der Waals surface area (Å²) in [7, 11) is -2.61. The van der Waals surface area contributed by atoms with Crippen LogP contribution in [0.1, 0.15) is 10.4 Å². The number of sulfonamides is 1. The van der Waals surface area contributed by atoms with E-state index in [1.165, 1.54) is 31.3 Å². The Kier molecular flexibility index (Phi) is 6.28. The highest BCUT2D eigenvalue weighted by atomic mass is 35.5. The molecule has 0 radical (unpaired) electrons. The number of urea groups is 1. The maximum absolute atomic E-state index is 12.9. The molecule has 1 aliphatic rings. The maximum atomic E-state index is 12.9. The quantitative estimate of drug-likeness (QED) is 0.671. The molecule has 2 aromatic carbocycles. The lowest BCUT2D eigenvalue weighted by molar-refractivity contribution is -0.130. The van der Waals surface area contributed by atoms with Crippen LogP contribution in [0.15, 0.2) is 53.4 Å². The van der Waals surface area contributed by atoms with Crippen LogP contribution in [0.3, 0.4) is 0 Å². The number of rotatable bonds is 6. The van der Waals surface area contributed by atoms with Crippen molar-refractivity contribution < 1.29 is 27.5 Å². The molecule has 0 aliphatic carbocycles. The van der Waals surface area contributed by atoms with Crippen molar-refractivity contribution in [2.24, 2.45) is 0 Å². The lowest BCUT2D eigenvalue weighted by atomic mass is 10.2. The van der Waals surface area contributed by atoms with E-state index < -0.39 is 34.5 Å². The molecule has 0 aromatic heterocycles. The minimum absolute atomic E-state index is 0.0470. The predicted octanol–water partition coefficient (Wildman–Crippen LogP) is 1.87. The van der Waals surface area contributed by atoms with Gasteiger partial charge in [-0.05, 0) is 36.4 Å². The number of anilines is 1. The number of nitrogens with zero attached hydrogens (tertiary/aromatic N) is 2. The fourth-order valence-corrected chi connectivity index (χ4v) is 4.17. The van der Waals surface area contributed by atoms with Gasteiger partial charge in [0.15, 0.2) is 6.61 Å². The van der Waals surface area contributed by atoms with Crippen LogP contribution in [-0.2, 0) is 19.6 Å². The van der Waals surface area contributed by atoms with Gasteiger partial charge >= 0.3 is 12.0 Å². The average Bonchev–Trinajstić information content (AvgIpc) is 3.17. The van der Waals surface area contributed by atoms with Gasteiger partial charge < -0.3 is 10.1 Å². The Morgan fingerprint density at radius 3 is 2.60 bits per heavy atom. The second kappa shape index (κ2) is 8.72. The molecule has 0 unspecified atom stereocenters. The smallest absolute Gasteiger partial charge is 0.338 e. The first-order valence-corrected chi connectivity index (χ1v) is 10.6. The van der Waals surface area contributed by atoms with Crippen LogP contribution in [0.2, 0.25) is 5.02 Å². The summed E-state index contributed by atoms with van der Waals surface area (Å²) in [5.74, 6) is -1.55. The Balaban J connectivity index is 1.74. The topological polar surface area (TPSA) is 113 Å². The molecule has 30 heavy (non-hydrogen) atoms. The highest BCUT2D eigenvalue weighted by Gasteiger charge is 2.27. The monoisotopic (exact) mass is 451 g/mol. The van der Waals surface area contributed by atoms with Crippen molar-refractivity contribution in [3.63, 3.8) is 0 Å². The number of hydrogen-bond donors (Lipinski definition) is 1. The summed E-state index contributed by atoms with van der Waals surface area (Å²) in [6.07, 6.45) is 0. The minimum atomic E-state index is -3.98. The van der Waals surface area contributed by atoms with Crippen LogP contribution in [0.5, 0.6) is 0 Å². The second-order valence-corrected chi connectivity index (χ2v) is 8.74. The number of benzene rings is 2. The molecule has 0 atom stereocenters. The van der Waals surface area contributed by atoms with Crippen molar-refractivity contribution >= 4 is 45.2 Å². The molecule has 1 fully saturated rings. The van der Waals surface area contributed by atoms with Gasteiger partial charge in [0.05, 0.1) is 16.1 Å². The summed E-state index contributed by atoms with van der Waals surface area (Å²) in [5.41, 5.74) is 0.305. The van der Waals surface area contributed by atoms with E-state index in [4.69, 9.17) is 16.3 Å². The molecule has 0 spiro atoms. The average molecular weight is 452 g/mol. The van der Waals surface area contributed by atoms with Gasteiger partial charge in [0.2, 0.25) is 0 Å². The standard InChI is InChI=1S/C19H18ClN3O6S/c1-22(15-6-3-5-14(20)11-15)30(27,28)16-7-2-4-13(10-16)18(25)29-12-17(24)23-9-8-21-19(23)26/h2-7,10-11H,8-9,12H2,1H3,(H,21,26). The third kappa shape index (κ3) is 4.55. The highest BCUT2D eigenvalue weighted by Crippen LogP contribution is 2.25. The number of hydrogen-bond acceptors (Lipinski definition) is 6. The number of nitrogens with one attached hydrogen (secondary N) is 1. The number of halogens is 1. The first kappa shape index (κ1) is 21.6. The van der Waals surface area contributed by atoms with Crippen molar-refractivity contribution in [3.8, 4) is 0 Å². The van der Waals surface area contributed by atoms with Crippen molar-refractivity contribution in [1.82, 2.24) is 10.2 Å². The largest absolute Gasteiger partial charge is 0.452 e. The number of imide groups is 1. The zero-order chi connectivity index (χ0) is 21.9. The van der Waals surface area contributed by atoms with E-state index in [0.29, 0.717) is 17.3 Å². The normalized spacial score (nSPS) is 13.7. The minimum Gasteiger partial charge on any atom is -0.452 e. The number of carbonyl (C=O) groups is 3. The Labute approximate surface area is 178 Å². The van der Waals surface area contributed by atoms with Crippen molar-refractivity contribution in [1.29, 1.82) is 0 Å². The first-order chi connectivity index (χ1) is 14.2. The molecule has 9 nitrogen and oxygen atoms in total. The Morgan fingerprint density at radius 1 is 1.20 bits per heavy atom. The molecule has 3 amide bonds. The fourth-order valence-electron chi connectivity index (χ4n) is 2.75. The van der Waals surface area contributed by atoms with Crippen molar-refractivity contribution in [2.45, 2.75) is 4.90 Å². The van der Waals surface area contributed by atoms with Crippen LogP contribution in [0.25, 0.3) is 0 Å². The third-order valence-corrected chi connectivity index (χ3v) is 6.40. The predicted molar refractivity (Wildman–Crippen MR) is 109 cm³/mol. The molecule has 1 heterocycles. The highest BCUT2D eigenvalue weighted by molar-refractivity contribution is 7.92. The number of amides is 3. The van der Waals surface area contributed by atoms with Crippen LogP contribution in [-0.4, -0.2) is 58.0 Å². The second-order valence-electron chi connectivity index (χ2n) is 6.33. The van der Waals surface area contributed by atoms with Crippen LogP contribution in [0.4, 0.5) is 10.5 Å². The summed E-state index contributed by atoms with van der Waals surface area (Å²) in [6, 6.07) is 11.0. The summed E-state index contributed by atoms with van der Waals surface area (Å²) in [4.78, 5) is 36.5. The molecule has 1 saturated heterocycles. The van der Waals surface area contributed by atoms with Crippen molar-refractivity contribution in [2.75, 3.05) is 31.0 Å². The summed E-state index contributed by atoms with van der Waals surface area (Å²) < 4.78 is 31.8. The number of ether oxygens (including phenoxy) is 1. The zero-order valence-electron chi connectivity index (χ0n) is 15.9. The van der Waals surface area contributed by atoms with Gasteiger partial charge in [-0.15, -0.1) is 0 Å². The molecule has 158 valence electrons. The Hall–Kier alpha value is -3.11. The van der Waals surface area contributed by atoms with E-state index in [0.717, 1.165) is 15.3 Å². The van der Waals surface area contributed by atoms with Crippen molar-refractivity contribution in [3.05, 3.63) is 59.1 Å². The summed E-state index contributed by atoms with van der Waals surface area (Å²) >= 11 is 5.93. The molecular weight excluding hydrogens is 434 g/mol. The SMILES string of the molecule is CN(c1cccc(Cl)c1)S(=O)(=O)c1cccc(C(=O)OCC(=O)N2CCNC2=O)c1. The molecule has 0 saturated carbocycles. The molecule has 11 heteroatoms. The van der Waals surface area contributed by atoms with E-state index in [1.54, 1.807) is 18.2 Å².